The fourth-order valence-electron chi connectivity index (χ4n) is 1.71. The Bertz CT molecular complexity index is 735. The van der Waals surface area contributed by atoms with Gasteiger partial charge in [0.25, 0.3) is 0 Å². The zero-order valence-corrected chi connectivity index (χ0v) is 9.62. The number of thiophene rings is 1. The van der Waals surface area contributed by atoms with E-state index >= 15 is 0 Å². The van der Waals surface area contributed by atoms with Gasteiger partial charge in [-0.05, 0) is 35.1 Å². The summed E-state index contributed by atoms with van der Waals surface area (Å²) in [5, 5.41) is 9.81. The molecule has 1 aromatic carbocycles. The highest BCUT2D eigenvalue weighted by Crippen LogP contribution is 2.30. The van der Waals surface area contributed by atoms with E-state index in [0.29, 0.717) is 5.56 Å². The number of fused-ring (bicyclic) bond motifs is 1. The molecule has 2 nitrogen and oxygen atoms in total. The second-order valence-corrected chi connectivity index (χ2v) is 4.79. The van der Waals surface area contributed by atoms with E-state index in [2.05, 4.69) is 6.07 Å². The van der Waals surface area contributed by atoms with Crippen LogP contribution in [0.15, 0.2) is 40.8 Å². The Balaban J connectivity index is 2.17. The van der Waals surface area contributed by atoms with Crippen molar-refractivity contribution in [3.8, 4) is 16.7 Å². The van der Waals surface area contributed by atoms with E-state index in [9.17, 15) is 0 Å². The smallest absolute Gasteiger partial charge is 0.145 e. The van der Waals surface area contributed by atoms with E-state index < -0.39 is 0 Å². The van der Waals surface area contributed by atoms with Gasteiger partial charge in [-0.15, -0.1) is 11.3 Å². The van der Waals surface area contributed by atoms with Gasteiger partial charge in [0.2, 0.25) is 0 Å². The molecule has 0 aliphatic heterocycles. The van der Waals surface area contributed by atoms with Crippen molar-refractivity contribution in [3.63, 3.8) is 0 Å². The highest BCUT2D eigenvalue weighted by molar-refractivity contribution is 7.23. The summed E-state index contributed by atoms with van der Waals surface area (Å²) in [7, 11) is 5.69. The first-order valence-corrected chi connectivity index (χ1v) is 5.87. The highest BCUT2D eigenvalue weighted by atomic mass is 32.1. The molecule has 0 fully saturated rings. The predicted octanol–water partition coefficient (Wildman–Crippen LogP) is 2.83. The molecule has 3 rings (SSSR count). The number of nitrogens with zero attached hydrogens (tertiary/aromatic N) is 1. The molecule has 0 N–H and O–H groups in total. The van der Waals surface area contributed by atoms with E-state index in [4.69, 9.17) is 17.5 Å². The van der Waals surface area contributed by atoms with Crippen LogP contribution >= 0.6 is 11.3 Å². The molecule has 0 spiro atoms. The van der Waals surface area contributed by atoms with Crippen LogP contribution in [0.3, 0.4) is 0 Å². The second kappa shape index (κ2) is 3.79. The largest absolute Gasteiger partial charge is 0.455 e. The van der Waals surface area contributed by atoms with Crippen LogP contribution in [0.1, 0.15) is 5.56 Å². The van der Waals surface area contributed by atoms with E-state index in [1.807, 2.05) is 24.3 Å². The van der Waals surface area contributed by atoms with E-state index in [1.165, 1.54) is 11.3 Å². The van der Waals surface area contributed by atoms with Gasteiger partial charge in [0.15, 0.2) is 0 Å². The van der Waals surface area contributed by atoms with Gasteiger partial charge in [-0.1, -0.05) is 6.07 Å². The van der Waals surface area contributed by atoms with Crippen molar-refractivity contribution in [3.05, 3.63) is 42.0 Å². The van der Waals surface area contributed by atoms with Crippen molar-refractivity contribution in [1.29, 1.82) is 5.26 Å². The molecule has 0 saturated carbocycles. The Hall–Kier alpha value is -1.99. The zero-order valence-electron chi connectivity index (χ0n) is 8.81. The summed E-state index contributed by atoms with van der Waals surface area (Å²) in [5.74, 6) is 0.789. The minimum absolute atomic E-state index is 0.601. The molecule has 0 unspecified atom stereocenters. The average molecular weight is 235 g/mol. The van der Waals surface area contributed by atoms with Crippen LogP contribution in [0.5, 0.6) is 0 Å². The summed E-state index contributed by atoms with van der Waals surface area (Å²) < 4.78 is 6.48. The molecule has 0 amide bonds. The molecule has 2 aromatic heterocycles. The molecule has 78 valence electrons. The lowest BCUT2D eigenvalue weighted by Gasteiger charge is -1.89. The standard InChI is InChI=1S/C13H6BNOS/c14-13-4-3-12(17-13)11-6-9-2-1-8(7-15)5-10(9)16-11/h1-6H. The van der Waals surface area contributed by atoms with Crippen molar-refractivity contribution < 1.29 is 4.42 Å². The number of hydrogen-bond acceptors (Lipinski definition) is 3. The summed E-state index contributed by atoms with van der Waals surface area (Å²) in [6.07, 6.45) is 0. The summed E-state index contributed by atoms with van der Waals surface area (Å²) in [4.78, 5) is 0.997. The van der Waals surface area contributed by atoms with Crippen molar-refractivity contribution in [2.45, 2.75) is 0 Å². The first-order valence-electron chi connectivity index (χ1n) is 5.05. The van der Waals surface area contributed by atoms with Crippen LogP contribution in [0.25, 0.3) is 21.6 Å². The van der Waals surface area contributed by atoms with Gasteiger partial charge in [0.05, 0.1) is 16.5 Å². The molecule has 4 heteroatoms. The van der Waals surface area contributed by atoms with Gasteiger partial charge in [0, 0.05) is 5.39 Å². The van der Waals surface area contributed by atoms with Crippen molar-refractivity contribution >= 4 is 34.9 Å². The number of hydrogen-bond donors (Lipinski definition) is 0. The van der Waals surface area contributed by atoms with Gasteiger partial charge in [0.1, 0.15) is 19.2 Å². The fraction of sp³-hybridized carbons (Fsp3) is 0. The number of benzene rings is 1. The summed E-state index contributed by atoms with van der Waals surface area (Å²) in [5.41, 5.74) is 1.33. The summed E-state index contributed by atoms with van der Waals surface area (Å²) in [6.45, 7) is 0. The molecule has 3 aromatic rings. The van der Waals surface area contributed by atoms with E-state index in [-0.39, 0.29) is 0 Å². The minimum Gasteiger partial charge on any atom is -0.455 e. The third kappa shape index (κ3) is 1.75. The van der Waals surface area contributed by atoms with Crippen LogP contribution in [0.2, 0.25) is 0 Å². The number of rotatable bonds is 1. The lowest BCUT2D eigenvalue weighted by Crippen LogP contribution is -1.88. The van der Waals surface area contributed by atoms with Gasteiger partial charge >= 0.3 is 0 Å². The quantitative estimate of drug-likeness (QED) is 0.608. The molecule has 0 aliphatic carbocycles. The molecular formula is C13H6BNOS. The van der Waals surface area contributed by atoms with Crippen molar-refractivity contribution in [2.75, 3.05) is 0 Å². The number of nitriles is 1. The van der Waals surface area contributed by atoms with E-state index in [1.54, 1.807) is 12.1 Å². The Kier molecular flexibility index (Phi) is 2.27. The third-order valence-corrected chi connectivity index (χ3v) is 3.45. The zero-order chi connectivity index (χ0) is 11.8. The maximum Gasteiger partial charge on any atom is 0.145 e. The topological polar surface area (TPSA) is 36.9 Å². The van der Waals surface area contributed by atoms with Crippen LogP contribution in [0, 0.1) is 11.3 Å². The van der Waals surface area contributed by atoms with Crippen LogP contribution in [-0.2, 0) is 0 Å². The normalized spacial score (nSPS) is 10.5. The molecule has 0 atom stereocenters. The SMILES string of the molecule is [B]c1ccc(-c2cc3ccc(C#N)cc3o2)s1. The molecular weight excluding hydrogens is 229 g/mol. The Morgan fingerprint density at radius 1 is 1.18 bits per heavy atom. The second-order valence-electron chi connectivity index (χ2n) is 3.68. The maximum atomic E-state index is 8.82. The van der Waals surface area contributed by atoms with Crippen LogP contribution < -0.4 is 4.78 Å². The highest BCUT2D eigenvalue weighted by Gasteiger charge is 2.08. The first kappa shape index (κ1) is 10.2. The molecule has 0 saturated heterocycles. The molecule has 17 heavy (non-hydrogen) atoms. The third-order valence-electron chi connectivity index (χ3n) is 2.52. The molecule has 2 radical (unpaired) electrons. The summed E-state index contributed by atoms with van der Waals surface area (Å²) >= 11 is 1.49. The first-order chi connectivity index (χ1) is 8.26. The van der Waals surface area contributed by atoms with Crippen molar-refractivity contribution in [2.24, 2.45) is 0 Å². The number of furan rings is 1. The van der Waals surface area contributed by atoms with Gasteiger partial charge in [-0.2, -0.15) is 5.26 Å². The molecule has 0 aliphatic rings. The van der Waals surface area contributed by atoms with Gasteiger partial charge in [-0.3, -0.25) is 0 Å². The molecule has 0 bridgehead atoms. The lowest BCUT2D eigenvalue weighted by molar-refractivity contribution is 0.633. The van der Waals surface area contributed by atoms with Crippen LogP contribution in [0.4, 0.5) is 0 Å². The van der Waals surface area contributed by atoms with Gasteiger partial charge < -0.3 is 4.42 Å². The maximum absolute atomic E-state index is 8.82. The average Bonchev–Trinajstić information content (AvgIpc) is 2.93. The Labute approximate surface area is 104 Å². The van der Waals surface area contributed by atoms with Crippen LogP contribution in [-0.4, -0.2) is 7.85 Å². The predicted molar refractivity (Wildman–Crippen MR) is 69.6 cm³/mol. The molecule has 2 heterocycles. The Morgan fingerprint density at radius 3 is 2.76 bits per heavy atom. The minimum atomic E-state index is 0.601. The summed E-state index contributed by atoms with van der Waals surface area (Å²) in [6, 6.07) is 13.3. The Morgan fingerprint density at radius 2 is 2.06 bits per heavy atom. The van der Waals surface area contributed by atoms with Crippen molar-refractivity contribution in [1.82, 2.24) is 0 Å². The van der Waals surface area contributed by atoms with Gasteiger partial charge in [-0.25, -0.2) is 0 Å². The van der Waals surface area contributed by atoms with E-state index in [0.717, 1.165) is 26.4 Å². The monoisotopic (exact) mass is 235 g/mol. The fourth-order valence-corrected chi connectivity index (χ4v) is 2.43. The lowest BCUT2D eigenvalue weighted by atomic mass is 10.1.